The smallest absolute Gasteiger partial charge is 0.244 e. The van der Waals surface area contributed by atoms with Crippen LogP contribution >= 0.6 is 0 Å². The maximum absolute atomic E-state index is 11.9. The van der Waals surface area contributed by atoms with Crippen molar-refractivity contribution in [3.8, 4) is 0 Å². The fourth-order valence-corrected chi connectivity index (χ4v) is 2.79. The summed E-state index contributed by atoms with van der Waals surface area (Å²) in [5.74, 6) is -0.314. The van der Waals surface area contributed by atoms with Crippen molar-refractivity contribution >= 4 is 12.0 Å². The average molecular weight is 390 g/mol. The van der Waals surface area contributed by atoms with Gasteiger partial charge in [0.1, 0.15) is 30.1 Å². The summed E-state index contributed by atoms with van der Waals surface area (Å²) in [7, 11) is 0. The van der Waals surface area contributed by atoms with Crippen LogP contribution in [-0.2, 0) is 16.1 Å². The average Bonchev–Trinajstić information content (AvgIpc) is 3.19. The van der Waals surface area contributed by atoms with E-state index in [9.17, 15) is 25.2 Å². The first kappa shape index (κ1) is 20.1. The van der Waals surface area contributed by atoms with E-state index in [0.717, 1.165) is 5.56 Å². The van der Waals surface area contributed by atoms with Gasteiger partial charge in [-0.15, -0.1) is 5.10 Å². The highest BCUT2D eigenvalue weighted by Crippen LogP contribution is 2.27. The van der Waals surface area contributed by atoms with E-state index in [4.69, 9.17) is 4.74 Å². The topological polar surface area (TPSA) is 150 Å². The van der Waals surface area contributed by atoms with Crippen LogP contribution in [0.2, 0.25) is 0 Å². The Morgan fingerprint density at radius 2 is 1.93 bits per heavy atom. The van der Waals surface area contributed by atoms with Gasteiger partial charge in [-0.2, -0.15) is 0 Å². The number of hydrogen-bond donors (Lipinski definition) is 5. The molecular formula is C18H22N4O6. The van der Waals surface area contributed by atoms with Gasteiger partial charge in [-0.05, 0) is 11.6 Å². The minimum Gasteiger partial charge on any atom is -0.394 e. The van der Waals surface area contributed by atoms with Crippen molar-refractivity contribution in [3.63, 3.8) is 0 Å². The van der Waals surface area contributed by atoms with E-state index < -0.39 is 37.3 Å². The number of aromatic nitrogens is 3. The summed E-state index contributed by atoms with van der Waals surface area (Å²) >= 11 is 0. The Morgan fingerprint density at radius 3 is 2.64 bits per heavy atom. The van der Waals surface area contributed by atoms with Crippen LogP contribution in [0.1, 0.15) is 17.5 Å². The van der Waals surface area contributed by atoms with Gasteiger partial charge in [0.2, 0.25) is 5.91 Å². The zero-order valence-corrected chi connectivity index (χ0v) is 14.9. The van der Waals surface area contributed by atoms with E-state index in [1.165, 1.54) is 17.0 Å². The zero-order chi connectivity index (χ0) is 20.1. The summed E-state index contributed by atoms with van der Waals surface area (Å²) in [6.45, 7) is -0.442. The first-order chi connectivity index (χ1) is 13.5. The molecule has 0 unspecified atom stereocenters. The van der Waals surface area contributed by atoms with Crippen molar-refractivity contribution in [2.24, 2.45) is 0 Å². The third kappa shape index (κ3) is 4.61. The van der Waals surface area contributed by atoms with Gasteiger partial charge in [0, 0.05) is 6.08 Å². The molecule has 1 fully saturated rings. The van der Waals surface area contributed by atoms with Gasteiger partial charge >= 0.3 is 0 Å². The van der Waals surface area contributed by atoms with Crippen molar-refractivity contribution < 1.29 is 30.0 Å². The van der Waals surface area contributed by atoms with E-state index in [1.807, 2.05) is 30.3 Å². The Morgan fingerprint density at radius 1 is 1.18 bits per heavy atom. The van der Waals surface area contributed by atoms with Gasteiger partial charge < -0.3 is 30.5 Å². The van der Waals surface area contributed by atoms with Gasteiger partial charge in [-0.25, -0.2) is 4.68 Å². The molecule has 10 heteroatoms. The first-order valence-corrected chi connectivity index (χ1v) is 8.72. The van der Waals surface area contributed by atoms with E-state index in [-0.39, 0.29) is 12.5 Å². The van der Waals surface area contributed by atoms with E-state index in [1.54, 1.807) is 6.08 Å². The lowest BCUT2D eigenvalue weighted by Gasteiger charge is -2.39. The Hall–Kier alpha value is -2.63. The maximum atomic E-state index is 11.9. The molecule has 0 saturated carbocycles. The van der Waals surface area contributed by atoms with Crippen molar-refractivity contribution in [2.75, 3.05) is 6.61 Å². The summed E-state index contributed by atoms with van der Waals surface area (Å²) < 4.78 is 6.57. The molecule has 1 aliphatic rings. The summed E-state index contributed by atoms with van der Waals surface area (Å²) in [5.41, 5.74) is 1.30. The molecule has 1 aromatic carbocycles. The van der Waals surface area contributed by atoms with Crippen LogP contribution in [0.4, 0.5) is 0 Å². The fourth-order valence-electron chi connectivity index (χ4n) is 2.79. The number of carbonyl (C=O) groups is 1. The molecule has 1 saturated heterocycles. The van der Waals surface area contributed by atoms with Crippen LogP contribution in [0, 0.1) is 0 Å². The number of aliphatic hydroxyl groups excluding tert-OH is 4. The highest BCUT2D eigenvalue weighted by molar-refractivity contribution is 5.91. The zero-order valence-electron chi connectivity index (χ0n) is 14.9. The molecule has 1 aromatic heterocycles. The predicted molar refractivity (Wildman–Crippen MR) is 96.4 cm³/mol. The number of rotatable bonds is 6. The molecule has 150 valence electrons. The second-order valence-corrected chi connectivity index (χ2v) is 6.37. The molecule has 0 spiro atoms. The molecule has 0 bridgehead atoms. The maximum Gasteiger partial charge on any atom is 0.244 e. The molecule has 1 amide bonds. The molecule has 2 heterocycles. The van der Waals surface area contributed by atoms with Crippen LogP contribution in [-0.4, -0.2) is 72.3 Å². The standard InChI is InChI=1S/C18H22N4O6/c23-10-13-15(25)16(26)17(27)18(28-13)22-9-12(20-21-22)8-19-14(24)7-6-11-4-2-1-3-5-11/h1-7,9,13,15-18,23,25-27H,8,10H2,(H,19,24)/b7-6+/t13-,15-,16+,17-,18-/m1/s1. The van der Waals surface area contributed by atoms with Crippen LogP contribution in [0.25, 0.3) is 6.08 Å². The van der Waals surface area contributed by atoms with E-state index in [0.29, 0.717) is 5.69 Å². The lowest BCUT2D eigenvalue weighted by Crippen LogP contribution is -2.56. The number of benzene rings is 1. The SMILES string of the molecule is O=C(/C=C/c1ccccc1)NCc1cn([C@@H]2O[C@H](CO)[C@@H](O)[C@H](O)[C@H]2O)nn1. The predicted octanol–water partition coefficient (Wildman–Crippen LogP) is -1.42. The van der Waals surface area contributed by atoms with Crippen molar-refractivity contribution in [1.29, 1.82) is 0 Å². The van der Waals surface area contributed by atoms with Crippen molar-refractivity contribution in [2.45, 2.75) is 37.2 Å². The van der Waals surface area contributed by atoms with Gasteiger partial charge in [0.25, 0.3) is 0 Å². The van der Waals surface area contributed by atoms with Crippen LogP contribution in [0.3, 0.4) is 0 Å². The molecule has 10 nitrogen and oxygen atoms in total. The number of aliphatic hydroxyl groups is 4. The van der Waals surface area contributed by atoms with Crippen LogP contribution in [0.5, 0.6) is 0 Å². The molecule has 28 heavy (non-hydrogen) atoms. The van der Waals surface area contributed by atoms with E-state index in [2.05, 4.69) is 15.6 Å². The molecule has 0 aliphatic carbocycles. The summed E-state index contributed by atoms with van der Waals surface area (Å²) in [6.07, 6.45) is -2.08. The minimum absolute atomic E-state index is 0.0926. The number of nitrogens with one attached hydrogen (secondary N) is 1. The van der Waals surface area contributed by atoms with Crippen molar-refractivity contribution in [1.82, 2.24) is 20.3 Å². The highest BCUT2D eigenvalue weighted by Gasteiger charge is 2.44. The molecule has 2 aromatic rings. The van der Waals surface area contributed by atoms with Gasteiger partial charge in [0.15, 0.2) is 6.23 Å². The van der Waals surface area contributed by atoms with Crippen LogP contribution < -0.4 is 5.32 Å². The Kier molecular flexibility index (Phi) is 6.49. The van der Waals surface area contributed by atoms with Gasteiger partial charge in [-0.1, -0.05) is 35.5 Å². The minimum atomic E-state index is -1.51. The quantitative estimate of drug-likeness (QED) is 0.377. The second-order valence-electron chi connectivity index (χ2n) is 6.37. The molecule has 0 radical (unpaired) electrons. The highest BCUT2D eigenvalue weighted by atomic mass is 16.6. The Bertz CT molecular complexity index is 809. The van der Waals surface area contributed by atoms with E-state index >= 15 is 0 Å². The Labute approximate surface area is 160 Å². The number of amides is 1. The normalized spacial score (nSPS) is 27.8. The third-order valence-electron chi connectivity index (χ3n) is 4.36. The van der Waals surface area contributed by atoms with Crippen LogP contribution in [0.15, 0.2) is 42.6 Å². The van der Waals surface area contributed by atoms with Crippen molar-refractivity contribution in [3.05, 3.63) is 53.9 Å². The Balaban J connectivity index is 1.58. The number of carbonyl (C=O) groups excluding carboxylic acids is 1. The first-order valence-electron chi connectivity index (χ1n) is 8.72. The second kappa shape index (κ2) is 9.04. The number of nitrogens with zero attached hydrogens (tertiary/aromatic N) is 3. The molecular weight excluding hydrogens is 368 g/mol. The summed E-state index contributed by atoms with van der Waals surface area (Å²) in [6, 6.07) is 9.37. The lowest BCUT2D eigenvalue weighted by atomic mass is 9.98. The van der Waals surface area contributed by atoms with Gasteiger partial charge in [-0.3, -0.25) is 4.79 Å². The molecule has 1 aliphatic heterocycles. The summed E-state index contributed by atoms with van der Waals surface area (Å²) in [4.78, 5) is 11.9. The lowest BCUT2D eigenvalue weighted by molar-refractivity contribution is -0.254. The number of ether oxygens (including phenoxy) is 1. The largest absolute Gasteiger partial charge is 0.394 e. The number of hydrogen-bond acceptors (Lipinski definition) is 8. The fraction of sp³-hybridized carbons (Fsp3) is 0.389. The monoisotopic (exact) mass is 390 g/mol. The van der Waals surface area contributed by atoms with Gasteiger partial charge in [0.05, 0.1) is 19.3 Å². The summed E-state index contributed by atoms with van der Waals surface area (Å²) in [5, 5.41) is 49.4. The molecule has 5 atom stereocenters. The molecule has 5 N–H and O–H groups in total. The molecule has 3 rings (SSSR count). The third-order valence-corrected chi connectivity index (χ3v) is 4.36.